The highest BCUT2D eigenvalue weighted by Crippen LogP contribution is 2.29. The summed E-state index contributed by atoms with van der Waals surface area (Å²) in [5.41, 5.74) is 0.268. The fourth-order valence-corrected chi connectivity index (χ4v) is 1.81. The highest BCUT2D eigenvalue weighted by molar-refractivity contribution is 5.24. The molecule has 0 radical (unpaired) electrons. The largest absolute Gasteiger partial charge is 0.416 e. The molecule has 0 aromatic heterocycles. The van der Waals surface area contributed by atoms with E-state index in [4.69, 9.17) is 4.74 Å². The van der Waals surface area contributed by atoms with Gasteiger partial charge in [0.2, 0.25) is 0 Å². The van der Waals surface area contributed by atoms with Gasteiger partial charge in [0.05, 0.1) is 18.3 Å². The van der Waals surface area contributed by atoms with Gasteiger partial charge in [0, 0.05) is 0 Å². The molecule has 0 aliphatic rings. The summed E-state index contributed by atoms with van der Waals surface area (Å²) in [5.74, 6) is 0. The van der Waals surface area contributed by atoms with E-state index < -0.39 is 11.7 Å². The topological polar surface area (TPSA) is 9.23 Å². The Morgan fingerprint density at radius 2 is 1.79 bits per heavy atom. The maximum absolute atomic E-state index is 12.4. The van der Waals surface area contributed by atoms with E-state index >= 15 is 0 Å². The van der Waals surface area contributed by atoms with E-state index in [2.05, 4.69) is 6.92 Å². The van der Waals surface area contributed by atoms with Gasteiger partial charge in [-0.2, -0.15) is 13.2 Å². The standard InChI is InChI=1S/C15H21F3O/c1-3-4-5-12(2)19-11-10-13-6-8-14(9-7-13)15(16,17)18/h6-9,12H,3-5,10-11H2,1-2H3. The summed E-state index contributed by atoms with van der Waals surface area (Å²) in [5, 5.41) is 0. The third-order valence-electron chi connectivity index (χ3n) is 3.04. The highest BCUT2D eigenvalue weighted by atomic mass is 19.4. The molecule has 0 bridgehead atoms. The van der Waals surface area contributed by atoms with Crippen LogP contribution < -0.4 is 0 Å². The first-order valence-corrected chi connectivity index (χ1v) is 6.71. The Bertz CT molecular complexity index is 357. The third kappa shape index (κ3) is 6.10. The Kier molecular flexibility index (Phi) is 6.35. The molecule has 108 valence electrons. The molecular formula is C15H21F3O. The predicted molar refractivity (Wildman–Crippen MR) is 70.1 cm³/mol. The van der Waals surface area contributed by atoms with E-state index in [0.717, 1.165) is 37.0 Å². The van der Waals surface area contributed by atoms with Crippen molar-refractivity contribution in [1.29, 1.82) is 0 Å². The molecule has 1 aromatic carbocycles. The average Bonchev–Trinajstić information content (AvgIpc) is 2.36. The zero-order chi connectivity index (χ0) is 14.3. The van der Waals surface area contributed by atoms with E-state index in [0.29, 0.717) is 13.0 Å². The number of hydrogen-bond acceptors (Lipinski definition) is 1. The van der Waals surface area contributed by atoms with Crippen molar-refractivity contribution < 1.29 is 17.9 Å². The highest BCUT2D eigenvalue weighted by Gasteiger charge is 2.29. The van der Waals surface area contributed by atoms with Gasteiger partial charge < -0.3 is 4.74 Å². The van der Waals surface area contributed by atoms with Gasteiger partial charge in [-0.05, 0) is 37.5 Å². The normalized spacial score (nSPS) is 13.5. The van der Waals surface area contributed by atoms with Gasteiger partial charge in [-0.1, -0.05) is 31.9 Å². The molecule has 0 heterocycles. The fraction of sp³-hybridized carbons (Fsp3) is 0.600. The van der Waals surface area contributed by atoms with Gasteiger partial charge in [-0.3, -0.25) is 0 Å². The van der Waals surface area contributed by atoms with Crippen molar-refractivity contribution in [2.45, 2.75) is 51.8 Å². The van der Waals surface area contributed by atoms with E-state index in [-0.39, 0.29) is 6.10 Å². The maximum Gasteiger partial charge on any atom is 0.416 e. The number of unbranched alkanes of at least 4 members (excludes halogenated alkanes) is 1. The Labute approximate surface area is 112 Å². The molecule has 1 atom stereocenters. The summed E-state index contributed by atoms with van der Waals surface area (Å²) in [6, 6.07) is 5.28. The van der Waals surface area contributed by atoms with Crippen LogP contribution in [0.5, 0.6) is 0 Å². The summed E-state index contributed by atoms with van der Waals surface area (Å²) >= 11 is 0. The molecule has 0 amide bonds. The van der Waals surface area contributed by atoms with Gasteiger partial charge in [0.25, 0.3) is 0 Å². The molecule has 1 aromatic rings. The number of benzene rings is 1. The minimum absolute atomic E-state index is 0.217. The molecule has 1 rings (SSSR count). The number of ether oxygens (including phenoxy) is 1. The molecule has 19 heavy (non-hydrogen) atoms. The van der Waals surface area contributed by atoms with Crippen molar-refractivity contribution in [3.05, 3.63) is 35.4 Å². The molecule has 0 aliphatic heterocycles. The smallest absolute Gasteiger partial charge is 0.378 e. The van der Waals surface area contributed by atoms with E-state index in [9.17, 15) is 13.2 Å². The van der Waals surface area contributed by atoms with E-state index in [1.165, 1.54) is 12.1 Å². The maximum atomic E-state index is 12.4. The summed E-state index contributed by atoms with van der Waals surface area (Å²) in [4.78, 5) is 0. The molecular weight excluding hydrogens is 253 g/mol. The number of hydrogen-bond donors (Lipinski definition) is 0. The molecule has 1 nitrogen and oxygen atoms in total. The second kappa shape index (κ2) is 7.53. The van der Waals surface area contributed by atoms with Crippen LogP contribution >= 0.6 is 0 Å². The monoisotopic (exact) mass is 274 g/mol. The molecule has 0 fully saturated rings. The van der Waals surface area contributed by atoms with Gasteiger partial charge in [-0.25, -0.2) is 0 Å². The zero-order valence-electron chi connectivity index (χ0n) is 11.5. The lowest BCUT2D eigenvalue weighted by Gasteiger charge is -2.12. The van der Waals surface area contributed by atoms with Crippen LogP contribution in [0.3, 0.4) is 0 Å². The Morgan fingerprint density at radius 3 is 2.32 bits per heavy atom. The summed E-state index contributed by atoms with van der Waals surface area (Å²) in [6.45, 7) is 4.72. The molecule has 0 spiro atoms. The lowest BCUT2D eigenvalue weighted by Crippen LogP contribution is -2.10. The van der Waals surface area contributed by atoms with Crippen LogP contribution in [0.4, 0.5) is 13.2 Å². The Hall–Kier alpha value is -1.03. The van der Waals surface area contributed by atoms with Crippen LogP contribution in [-0.2, 0) is 17.3 Å². The molecule has 4 heteroatoms. The van der Waals surface area contributed by atoms with Crippen molar-refractivity contribution in [2.24, 2.45) is 0 Å². The van der Waals surface area contributed by atoms with Gasteiger partial charge >= 0.3 is 6.18 Å². The second-order valence-corrected chi connectivity index (χ2v) is 4.77. The molecule has 0 saturated carbocycles. The van der Waals surface area contributed by atoms with Gasteiger partial charge in [0.1, 0.15) is 0 Å². The zero-order valence-corrected chi connectivity index (χ0v) is 11.5. The first kappa shape index (κ1) is 16.0. The number of halogens is 3. The minimum atomic E-state index is -4.26. The average molecular weight is 274 g/mol. The van der Waals surface area contributed by atoms with Gasteiger partial charge in [-0.15, -0.1) is 0 Å². The van der Waals surface area contributed by atoms with E-state index in [1.807, 2.05) is 6.92 Å². The quantitative estimate of drug-likeness (QED) is 0.691. The lowest BCUT2D eigenvalue weighted by atomic mass is 10.1. The third-order valence-corrected chi connectivity index (χ3v) is 3.04. The first-order valence-electron chi connectivity index (χ1n) is 6.71. The molecule has 0 N–H and O–H groups in total. The van der Waals surface area contributed by atoms with Crippen molar-refractivity contribution in [1.82, 2.24) is 0 Å². The van der Waals surface area contributed by atoms with Crippen molar-refractivity contribution in [3.8, 4) is 0 Å². The molecule has 0 saturated heterocycles. The summed E-state index contributed by atoms with van der Waals surface area (Å²) in [6.07, 6.45) is -0.0787. The Balaban J connectivity index is 2.34. The minimum Gasteiger partial charge on any atom is -0.378 e. The summed E-state index contributed by atoms with van der Waals surface area (Å²) < 4.78 is 42.7. The molecule has 1 unspecified atom stereocenters. The molecule has 0 aliphatic carbocycles. The SMILES string of the molecule is CCCCC(C)OCCc1ccc(C(F)(F)F)cc1. The number of rotatable bonds is 7. The van der Waals surface area contributed by atoms with Crippen LogP contribution in [0.25, 0.3) is 0 Å². The lowest BCUT2D eigenvalue weighted by molar-refractivity contribution is -0.137. The van der Waals surface area contributed by atoms with Crippen LogP contribution in [-0.4, -0.2) is 12.7 Å². The van der Waals surface area contributed by atoms with Crippen molar-refractivity contribution in [3.63, 3.8) is 0 Å². The van der Waals surface area contributed by atoms with E-state index in [1.54, 1.807) is 0 Å². The van der Waals surface area contributed by atoms with Gasteiger partial charge in [0.15, 0.2) is 0 Å². The Morgan fingerprint density at radius 1 is 1.16 bits per heavy atom. The van der Waals surface area contributed by atoms with Crippen LogP contribution in [0.1, 0.15) is 44.2 Å². The fourth-order valence-electron chi connectivity index (χ4n) is 1.81. The summed E-state index contributed by atoms with van der Waals surface area (Å²) in [7, 11) is 0. The second-order valence-electron chi connectivity index (χ2n) is 4.77. The van der Waals surface area contributed by atoms with Crippen LogP contribution in [0.15, 0.2) is 24.3 Å². The predicted octanol–water partition coefficient (Wildman–Crippen LogP) is 4.84. The van der Waals surface area contributed by atoms with Crippen molar-refractivity contribution in [2.75, 3.05) is 6.61 Å². The van der Waals surface area contributed by atoms with Crippen LogP contribution in [0, 0.1) is 0 Å². The van der Waals surface area contributed by atoms with Crippen molar-refractivity contribution >= 4 is 0 Å². The first-order chi connectivity index (χ1) is 8.93. The number of alkyl halides is 3. The van der Waals surface area contributed by atoms with Crippen LogP contribution in [0.2, 0.25) is 0 Å².